The van der Waals surface area contributed by atoms with E-state index < -0.39 is 11.7 Å². The lowest BCUT2D eigenvalue weighted by Gasteiger charge is -2.06. The maximum absolute atomic E-state index is 12.2. The standard InChI is InChI=1S/C9H5F3N4/c10-9(11,12)7-1-3-8(4-2-7)16-15-6-14-5-13/h1-4,16H. The van der Waals surface area contributed by atoms with Crippen LogP contribution < -0.4 is 5.43 Å². The molecule has 1 aromatic carbocycles. The summed E-state index contributed by atoms with van der Waals surface area (Å²) in [6.07, 6.45) is -2.94. The van der Waals surface area contributed by atoms with Crippen molar-refractivity contribution in [2.75, 3.05) is 5.43 Å². The molecule has 0 aliphatic heterocycles. The normalized spacial score (nSPS) is 9.88. The largest absolute Gasteiger partial charge is 0.416 e. The molecule has 0 spiro atoms. The molecule has 0 heterocycles. The maximum Gasteiger partial charge on any atom is 0.416 e. The van der Waals surface area contributed by atoms with Gasteiger partial charge in [0.25, 0.3) is 0 Å². The van der Waals surface area contributed by atoms with E-state index in [4.69, 9.17) is 5.26 Å². The van der Waals surface area contributed by atoms with Crippen LogP contribution in [0.5, 0.6) is 0 Å². The second kappa shape index (κ2) is 4.96. The summed E-state index contributed by atoms with van der Waals surface area (Å²) in [4.78, 5) is 2.99. The molecule has 7 heteroatoms. The molecule has 1 rings (SSSR count). The van der Waals surface area contributed by atoms with Crippen molar-refractivity contribution >= 4 is 11.7 Å². The zero-order valence-corrected chi connectivity index (χ0v) is 7.78. The minimum Gasteiger partial charge on any atom is -0.269 e. The highest BCUT2D eigenvalue weighted by atomic mass is 19.4. The van der Waals surface area contributed by atoms with E-state index in [1.807, 2.05) is 6.01 Å². The number of benzene rings is 1. The lowest BCUT2D eigenvalue weighted by atomic mass is 10.2. The summed E-state index contributed by atoms with van der Waals surface area (Å²) in [5.41, 5.74) is 1.96. The van der Waals surface area contributed by atoms with Gasteiger partial charge in [-0.05, 0) is 24.3 Å². The number of nitriles is 1. The van der Waals surface area contributed by atoms with Crippen LogP contribution in [0.25, 0.3) is 0 Å². The van der Waals surface area contributed by atoms with Gasteiger partial charge in [0, 0.05) is 0 Å². The van der Waals surface area contributed by atoms with Crippen LogP contribution in [0.15, 0.2) is 34.4 Å². The first-order chi connectivity index (χ1) is 7.54. The van der Waals surface area contributed by atoms with Crippen molar-refractivity contribution in [2.45, 2.75) is 6.18 Å². The Morgan fingerprint density at radius 3 is 2.31 bits per heavy atom. The zero-order chi connectivity index (χ0) is 12.0. The van der Waals surface area contributed by atoms with Crippen LogP contribution >= 0.6 is 0 Å². The van der Waals surface area contributed by atoms with Crippen LogP contribution in [-0.4, -0.2) is 6.01 Å². The number of hydrogen-bond acceptors (Lipinski definition) is 4. The zero-order valence-electron chi connectivity index (χ0n) is 7.78. The van der Waals surface area contributed by atoms with Gasteiger partial charge in [-0.1, -0.05) is 0 Å². The third kappa shape index (κ3) is 3.44. The summed E-state index contributed by atoms with van der Waals surface area (Å²) in [6.45, 7) is 0. The highest BCUT2D eigenvalue weighted by Gasteiger charge is 2.29. The summed E-state index contributed by atoms with van der Waals surface area (Å²) >= 11 is 0. The van der Waals surface area contributed by atoms with Crippen molar-refractivity contribution in [3.8, 4) is 6.19 Å². The van der Waals surface area contributed by atoms with E-state index in [0.29, 0.717) is 5.69 Å². The van der Waals surface area contributed by atoms with Crippen LogP contribution in [0.3, 0.4) is 0 Å². The van der Waals surface area contributed by atoms with E-state index in [-0.39, 0.29) is 0 Å². The highest BCUT2D eigenvalue weighted by Crippen LogP contribution is 2.29. The Balaban J connectivity index is 2.74. The molecule has 0 saturated carbocycles. The smallest absolute Gasteiger partial charge is 0.269 e. The van der Waals surface area contributed by atoms with Gasteiger partial charge in [-0.2, -0.15) is 18.4 Å². The number of anilines is 1. The first kappa shape index (κ1) is 11.8. The lowest BCUT2D eigenvalue weighted by Crippen LogP contribution is -2.04. The number of nitrogens with zero attached hydrogens (tertiary/aromatic N) is 3. The maximum atomic E-state index is 12.2. The molecule has 1 aromatic rings. The van der Waals surface area contributed by atoms with E-state index in [1.165, 1.54) is 18.3 Å². The average molecular weight is 226 g/mol. The highest BCUT2D eigenvalue weighted by molar-refractivity contribution is 5.50. The van der Waals surface area contributed by atoms with Crippen molar-refractivity contribution in [2.24, 2.45) is 10.1 Å². The molecule has 0 unspecified atom stereocenters. The quantitative estimate of drug-likeness (QED) is 0.478. The van der Waals surface area contributed by atoms with Crippen molar-refractivity contribution < 1.29 is 13.2 Å². The Hall–Kier alpha value is -2.32. The van der Waals surface area contributed by atoms with Gasteiger partial charge < -0.3 is 0 Å². The molecule has 16 heavy (non-hydrogen) atoms. The molecule has 82 valence electrons. The average Bonchev–Trinajstić information content (AvgIpc) is 2.24. The molecule has 4 nitrogen and oxygen atoms in total. The van der Waals surface area contributed by atoms with Crippen LogP contribution in [0.1, 0.15) is 5.56 Å². The van der Waals surface area contributed by atoms with Crippen LogP contribution in [-0.2, 0) is 6.18 Å². The second-order valence-corrected chi connectivity index (χ2v) is 2.61. The molecule has 0 amide bonds. The fraction of sp³-hybridized carbons (Fsp3) is 0.111. The summed E-state index contributed by atoms with van der Waals surface area (Å²) in [5.74, 6) is 0. The first-order valence-electron chi connectivity index (χ1n) is 4.01. The molecule has 0 aliphatic carbocycles. The minimum atomic E-state index is -4.36. The van der Waals surface area contributed by atoms with Crippen molar-refractivity contribution in [1.29, 1.82) is 5.26 Å². The third-order valence-corrected chi connectivity index (χ3v) is 1.55. The Morgan fingerprint density at radius 2 is 1.81 bits per heavy atom. The lowest BCUT2D eigenvalue weighted by molar-refractivity contribution is -0.137. The van der Waals surface area contributed by atoms with Crippen LogP contribution in [0.2, 0.25) is 0 Å². The molecule has 0 aliphatic rings. The van der Waals surface area contributed by atoms with E-state index in [0.717, 1.165) is 12.1 Å². The summed E-state index contributed by atoms with van der Waals surface area (Å²) in [6, 6.07) is 6.23. The van der Waals surface area contributed by atoms with Crippen molar-refractivity contribution in [1.82, 2.24) is 0 Å². The predicted molar refractivity (Wildman–Crippen MR) is 50.5 cm³/mol. The van der Waals surface area contributed by atoms with Gasteiger partial charge in [0.05, 0.1) is 11.3 Å². The SMILES string of the molecule is N#CN=C=NNc1ccc(C(F)(F)F)cc1. The predicted octanol–water partition coefficient (Wildman–Crippen LogP) is 2.69. The molecule has 0 fully saturated rings. The molecular weight excluding hydrogens is 221 g/mol. The summed E-state index contributed by atoms with van der Waals surface area (Å²) < 4.78 is 36.5. The Morgan fingerprint density at radius 1 is 1.19 bits per heavy atom. The fourth-order valence-corrected chi connectivity index (χ4v) is 0.871. The molecule has 0 aromatic heterocycles. The number of nitrogens with one attached hydrogen (secondary N) is 1. The number of hydrogen-bond donors (Lipinski definition) is 1. The first-order valence-corrected chi connectivity index (χ1v) is 4.01. The van der Waals surface area contributed by atoms with E-state index in [2.05, 4.69) is 15.5 Å². The number of hydrazone groups is 1. The number of rotatable bonds is 2. The van der Waals surface area contributed by atoms with Gasteiger partial charge in [-0.25, -0.2) is 0 Å². The van der Waals surface area contributed by atoms with Gasteiger partial charge in [0.1, 0.15) is 6.01 Å². The van der Waals surface area contributed by atoms with Crippen molar-refractivity contribution in [3.63, 3.8) is 0 Å². The fourth-order valence-electron chi connectivity index (χ4n) is 0.871. The van der Waals surface area contributed by atoms with Crippen LogP contribution in [0, 0.1) is 11.5 Å². The summed E-state index contributed by atoms with van der Waals surface area (Å²) in [5, 5.41) is 11.4. The van der Waals surface area contributed by atoms with Crippen molar-refractivity contribution in [3.05, 3.63) is 29.8 Å². The van der Waals surface area contributed by atoms with Gasteiger partial charge in [-0.15, -0.1) is 10.1 Å². The molecular formula is C9H5F3N4. The second-order valence-electron chi connectivity index (χ2n) is 2.61. The number of alkyl halides is 3. The van der Waals surface area contributed by atoms with Gasteiger partial charge in [-0.3, -0.25) is 5.43 Å². The van der Waals surface area contributed by atoms with Gasteiger partial charge >= 0.3 is 6.18 Å². The third-order valence-electron chi connectivity index (χ3n) is 1.55. The summed E-state index contributed by atoms with van der Waals surface area (Å²) in [7, 11) is 0. The molecule has 0 atom stereocenters. The molecule has 0 bridgehead atoms. The van der Waals surface area contributed by atoms with E-state index in [1.54, 1.807) is 0 Å². The molecule has 0 radical (unpaired) electrons. The van der Waals surface area contributed by atoms with E-state index in [9.17, 15) is 13.2 Å². The monoisotopic (exact) mass is 226 g/mol. The van der Waals surface area contributed by atoms with Gasteiger partial charge in [0.15, 0.2) is 0 Å². The van der Waals surface area contributed by atoms with Crippen LogP contribution in [0.4, 0.5) is 18.9 Å². The Labute approximate surface area is 88.7 Å². The van der Waals surface area contributed by atoms with Gasteiger partial charge in [0.2, 0.25) is 6.19 Å². The topological polar surface area (TPSA) is 60.5 Å². The molecule has 0 saturated heterocycles. The number of halogens is 3. The molecule has 1 N–H and O–H groups in total. The Bertz CT molecular complexity index is 449. The Kier molecular flexibility index (Phi) is 3.64. The number of aliphatic imine (C=N–C) groups is 1. The minimum absolute atomic E-state index is 0.341. The van der Waals surface area contributed by atoms with E-state index >= 15 is 0 Å².